The number of rotatable bonds is 6. The van der Waals surface area contributed by atoms with Crippen molar-refractivity contribution < 1.29 is 0 Å². The molecule has 23 heavy (non-hydrogen) atoms. The maximum Gasteiger partial charge on any atom is -0.0166 e. The Labute approximate surface area is 145 Å². The summed E-state index contributed by atoms with van der Waals surface area (Å²) < 4.78 is 0. The molecule has 0 bridgehead atoms. The van der Waals surface area contributed by atoms with E-state index >= 15 is 0 Å². The number of hydrogen-bond donors (Lipinski definition) is 0. The highest BCUT2D eigenvalue weighted by atomic mass is 31.1. The molecule has 0 aromatic heterocycles. The van der Waals surface area contributed by atoms with Gasteiger partial charge in [0.15, 0.2) is 0 Å². The van der Waals surface area contributed by atoms with E-state index in [1.807, 2.05) is 5.30 Å². The largest absolute Gasteiger partial charge is 0.0687 e. The molecule has 1 aromatic carbocycles. The minimum Gasteiger partial charge on any atom is -0.0687 e. The van der Waals surface area contributed by atoms with Crippen molar-refractivity contribution in [3.05, 3.63) is 29.8 Å². The van der Waals surface area contributed by atoms with Gasteiger partial charge in [-0.3, -0.25) is 0 Å². The van der Waals surface area contributed by atoms with Crippen molar-refractivity contribution in [2.75, 3.05) is 0 Å². The van der Waals surface area contributed by atoms with E-state index in [9.17, 15) is 0 Å². The van der Waals surface area contributed by atoms with Crippen molar-refractivity contribution in [2.45, 2.75) is 102 Å². The van der Waals surface area contributed by atoms with Gasteiger partial charge in [0.1, 0.15) is 0 Å². The van der Waals surface area contributed by atoms with Gasteiger partial charge in [0.05, 0.1) is 0 Å². The van der Waals surface area contributed by atoms with E-state index in [4.69, 9.17) is 0 Å². The standard InChI is InChI=1S/C22H35P/c1-2-3-12-19-13-10-11-18-22(19)23(20-14-6-4-7-15-20)21-16-8-5-9-17-21/h10-11,13,18,20-21H,2-9,12,14-17H2,1H3. The van der Waals surface area contributed by atoms with E-state index in [-0.39, 0.29) is 7.92 Å². The molecule has 1 heteroatoms. The number of benzene rings is 1. The van der Waals surface area contributed by atoms with Crippen LogP contribution in [0.4, 0.5) is 0 Å². The lowest BCUT2D eigenvalue weighted by Gasteiger charge is -2.39. The molecule has 2 saturated carbocycles. The Hall–Kier alpha value is -0.350. The Morgan fingerprint density at radius 3 is 1.96 bits per heavy atom. The van der Waals surface area contributed by atoms with E-state index in [0.29, 0.717) is 0 Å². The summed E-state index contributed by atoms with van der Waals surface area (Å²) in [5.74, 6) is 0. The first-order valence-corrected chi connectivity index (χ1v) is 11.7. The molecule has 1 aromatic rings. The van der Waals surface area contributed by atoms with Gasteiger partial charge < -0.3 is 0 Å². The van der Waals surface area contributed by atoms with Crippen molar-refractivity contribution >= 4 is 13.2 Å². The molecule has 0 unspecified atom stereocenters. The Kier molecular flexibility index (Phi) is 7.00. The second kappa shape index (κ2) is 9.22. The topological polar surface area (TPSA) is 0 Å². The normalized spacial score (nSPS) is 21.0. The molecule has 3 rings (SSSR count). The third-order valence-electron chi connectivity index (χ3n) is 6.01. The zero-order chi connectivity index (χ0) is 15.9. The molecule has 0 heterocycles. The molecule has 0 saturated heterocycles. The average molecular weight is 330 g/mol. The van der Waals surface area contributed by atoms with Gasteiger partial charge in [-0.05, 0) is 60.7 Å². The molecule has 2 fully saturated rings. The van der Waals surface area contributed by atoms with Crippen LogP contribution in [0, 0.1) is 0 Å². The van der Waals surface area contributed by atoms with E-state index in [1.54, 1.807) is 5.56 Å². The van der Waals surface area contributed by atoms with Crippen LogP contribution in [0.1, 0.15) is 89.5 Å². The monoisotopic (exact) mass is 330 g/mol. The van der Waals surface area contributed by atoms with Gasteiger partial charge >= 0.3 is 0 Å². The van der Waals surface area contributed by atoms with Crippen molar-refractivity contribution in [2.24, 2.45) is 0 Å². The summed E-state index contributed by atoms with van der Waals surface area (Å²) in [6, 6.07) is 9.58. The number of unbranched alkanes of at least 4 members (excludes halogenated alkanes) is 1. The molecular formula is C22H35P. The predicted octanol–water partition coefficient (Wildman–Crippen LogP) is 6.80. The van der Waals surface area contributed by atoms with Crippen molar-refractivity contribution in [3.8, 4) is 0 Å². The van der Waals surface area contributed by atoms with E-state index in [1.165, 1.54) is 83.5 Å². The lowest BCUT2D eigenvalue weighted by atomic mass is 9.99. The first-order chi connectivity index (χ1) is 11.4. The summed E-state index contributed by atoms with van der Waals surface area (Å²) in [5.41, 5.74) is 3.77. The van der Waals surface area contributed by atoms with Crippen LogP contribution >= 0.6 is 7.92 Å². The van der Waals surface area contributed by atoms with Gasteiger partial charge in [0, 0.05) is 0 Å². The van der Waals surface area contributed by atoms with Gasteiger partial charge in [-0.25, -0.2) is 0 Å². The first kappa shape index (κ1) is 17.5. The summed E-state index contributed by atoms with van der Waals surface area (Å²) in [7, 11) is 0.0706. The Morgan fingerprint density at radius 2 is 1.39 bits per heavy atom. The molecule has 128 valence electrons. The van der Waals surface area contributed by atoms with Crippen LogP contribution < -0.4 is 5.30 Å². The highest BCUT2D eigenvalue weighted by molar-refractivity contribution is 7.67. The van der Waals surface area contributed by atoms with Gasteiger partial charge in [0.25, 0.3) is 0 Å². The van der Waals surface area contributed by atoms with Crippen molar-refractivity contribution in [1.82, 2.24) is 0 Å². The van der Waals surface area contributed by atoms with Crippen molar-refractivity contribution in [3.63, 3.8) is 0 Å². The van der Waals surface area contributed by atoms with E-state index in [2.05, 4.69) is 31.2 Å². The lowest BCUT2D eigenvalue weighted by molar-refractivity contribution is 0.487. The maximum atomic E-state index is 2.53. The second-order valence-corrected chi connectivity index (χ2v) is 10.5. The summed E-state index contributed by atoms with van der Waals surface area (Å²) >= 11 is 0. The summed E-state index contributed by atoms with van der Waals surface area (Å²) in [5, 5.41) is 1.81. The predicted molar refractivity (Wildman–Crippen MR) is 105 cm³/mol. The summed E-state index contributed by atoms with van der Waals surface area (Å²) in [4.78, 5) is 0. The molecule has 0 N–H and O–H groups in total. The Balaban J connectivity index is 1.87. The van der Waals surface area contributed by atoms with Crippen molar-refractivity contribution in [1.29, 1.82) is 0 Å². The SMILES string of the molecule is CCCCc1ccccc1P(C1CCCCC1)C1CCCCC1. The Bertz CT molecular complexity index is 437. The minimum absolute atomic E-state index is 0.0706. The third-order valence-corrected chi connectivity index (χ3v) is 9.60. The first-order valence-electron chi connectivity index (χ1n) is 10.3. The molecule has 0 atom stereocenters. The molecule has 0 spiro atoms. The summed E-state index contributed by atoms with van der Waals surface area (Å²) in [6.07, 6.45) is 19.0. The van der Waals surface area contributed by atoms with Gasteiger partial charge in [-0.15, -0.1) is 0 Å². The van der Waals surface area contributed by atoms with Gasteiger partial charge in [-0.2, -0.15) is 0 Å². The van der Waals surface area contributed by atoms with Crippen LogP contribution in [-0.4, -0.2) is 11.3 Å². The zero-order valence-electron chi connectivity index (χ0n) is 15.1. The quantitative estimate of drug-likeness (QED) is 0.503. The van der Waals surface area contributed by atoms with Crippen LogP contribution in [0.3, 0.4) is 0 Å². The highest BCUT2D eigenvalue weighted by Crippen LogP contribution is 2.55. The van der Waals surface area contributed by atoms with Crippen LogP contribution in [0.2, 0.25) is 0 Å². The zero-order valence-corrected chi connectivity index (χ0v) is 16.0. The summed E-state index contributed by atoms with van der Waals surface area (Å²) in [6.45, 7) is 2.33. The average Bonchev–Trinajstić information content (AvgIpc) is 2.63. The molecule has 0 aliphatic heterocycles. The fraction of sp³-hybridized carbons (Fsp3) is 0.727. The van der Waals surface area contributed by atoms with Crippen LogP contribution in [-0.2, 0) is 6.42 Å². The highest BCUT2D eigenvalue weighted by Gasteiger charge is 2.33. The van der Waals surface area contributed by atoms with Gasteiger partial charge in [0.2, 0.25) is 0 Å². The fourth-order valence-electron chi connectivity index (χ4n) is 4.75. The molecule has 2 aliphatic rings. The van der Waals surface area contributed by atoms with E-state index < -0.39 is 0 Å². The smallest absolute Gasteiger partial charge is 0.0166 e. The molecule has 0 amide bonds. The van der Waals surface area contributed by atoms with Gasteiger partial charge in [-0.1, -0.05) is 84.1 Å². The Morgan fingerprint density at radius 1 is 0.826 bits per heavy atom. The van der Waals surface area contributed by atoms with Crippen LogP contribution in [0.15, 0.2) is 24.3 Å². The second-order valence-electron chi connectivity index (χ2n) is 7.72. The molecule has 2 aliphatic carbocycles. The van der Waals surface area contributed by atoms with Crippen LogP contribution in [0.25, 0.3) is 0 Å². The fourth-order valence-corrected chi connectivity index (χ4v) is 8.75. The third kappa shape index (κ3) is 4.60. The van der Waals surface area contributed by atoms with Crippen LogP contribution in [0.5, 0.6) is 0 Å². The molecule has 0 radical (unpaired) electrons. The minimum atomic E-state index is 0.0706. The molecule has 0 nitrogen and oxygen atoms in total. The molecular weight excluding hydrogens is 295 g/mol. The number of hydrogen-bond acceptors (Lipinski definition) is 0. The van der Waals surface area contributed by atoms with E-state index in [0.717, 1.165) is 11.3 Å². The number of aryl methyl sites for hydroxylation is 1. The lowest BCUT2D eigenvalue weighted by Crippen LogP contribution is -2.27. The maximum absolute atomic E-state index is 2.53.